The molecule has 0 amide bonds. The lowest BCUT2D eigenvalue weighted by Gasteiger charge is -2.45. The molecule has 0 aromatic heterocycles. The van der Waals surface area contributed by atoms with Crippen molar-refractivity contribution in [3.8, 4) is 0 Å². The molecule has 4 fully saturated rings. The van der Waals surface area contributed by atoms with Crippen molar-refractivity contribution in [3.63, 3.8) is 0 Å². The Hall–Kier alpha value is -0.940. The van der Waals surface area contributed by atoms with Crippen molar-refractivity contribution < 1.29 is 14.9 Å². The van der Waals surface area contributed by atoms with E-state index < -0.39 is 12.2 Å². The van der Waals surface area contributed by atoms with Crippen LogP contribution in [0.25, 0.3) is 0 Å². The smallest absolute Gasteiger partial charge is 0.0809 e. The van der Waals surface area contributed by atoms with Crippen molar-refractivity contribution in [2.75, 3.05) is 26.2 Å². The molecule has 0 spiro atoms. The third kappa shape index (κ3) is 4.88. The van der Waals surface area contributed by atoms with Gasteiger partial charge in [0.15, 0.2) is 0 Å². The maximum atomic E-state index is 10.2. The predicted molar refractivity (Wildman–Crippen MR) is 126 cm³/mol. The lowest BCUT2D eigenvalue weighted by Crippen LogP contribution is -2.45. The number of rotatable bonds is 4. The van der Waals surface area contributed by atoms with Crippen LogP contribution < -0.4 is 0 Å². The van der Waals surface area contributed by atoms with Crippen molar-refractivity contribution >= 4 is 0 Å². The lowest BCUT2D eigenvalue weighted by atomic mass is 9.61. The summed E-state index contributed by atoms with van der Waals surface area (Å²) in [5.74, 6) is 2.18. The summed E-state index contributed by atoms with van der Waals surface area (Å²) in [4.78, 5) is 2.62. The Morgan fingerprint density at radius 3 is 2.68 bits per heavy atom. The van der Waals surface area contributed by atoms with Crippen LogP contribution in [0, 0.1) is 23.2 Å². The van der Waals surface area contributed by atoms with Gasteiger partial charge in [0.05, 0.1) is 24.9 Å². The van der Waals surface area contributed by atoms with Crippen LogP contribution in [0.2, 0.25) is 0 Å². The molecule has 31 heavy (non-hydrogen) atoms. The van der Waals surface area contributed by atoms with E-state index in [4.69, 9.17) is 4.74 Å². The molecule has 1 unspecified atom stereocenters. The summed E-state index contributed by atoms with van der Waals surface area (Å²) in [6.45, 7) is 15.3. The van der Waals surface area contributed by atoms with Gasteiger partial charge >= 0.3 is 0 Å². The molecule has 0 aromatic rings. The van der Waals surface area contributed by atoms with E-state index >= 15 is 0 Å². The normalized spacial score (nSPS) is 42.0. The molecule has 1 heterocycles. The van der Waals surface area contributed by atoms with Crippen LogP contribution >= 0.6 is 0 Å². The Balaban J connectivity index is 1.44. The Morgan fingerprint density at radius 1 is 1.23 bits per heavy atom. The van der Waals surface area contributed by atoms with Gasteiger partial charge in [0.1, 0.15) is 0 Å². The standard InChI is InChI=1S/C27H43NO3/c1-18(16-28-12-13-31-19(2)17-28)23-9-10-24-22(6-5-11-27(23,24)4)8-7-21-14-25(29)20(3)26(30)15-21/h7-8,18-19,23-26,29-30H,3,5-6,9-17H2,1-2,4H3/b22-8+/t18?,19-,23+,24-,25+,26+,27+/m0/s1. The third-order valence-corrected chi connectivity index (χ3v) is 8.90. The van der Waals surface area contributed by atoms with Crippen molar-refractivity contribution in [1.82, 2.24) is 4.90 Å². The summed E-state index contributed by atoms with van der Waals surface area (Å²) in [7, 11) is 0. The molecular formula is C27H43NO3. The second kappa shape index (κ2) is 9.51. The first-order valence-corrected chi connectivity index (χ1v) is 12.5. The van der Waals surface area contributed by atoms with Gasteiger partial charge in [-0.25, -0.2) is 0 Å². The molecule has 4 heteroatoms. The predicted octanol–water partition coefficient (Wildman–Crippen LogP) is 4.48. The van der Waals surface area contributed by atoms with E-state index in [0.717, 1.165) is 31.2 Å². The Bertz CT molecular complexity index is 712. The van der Waals surface area contributed by atoms with E-state index in [1.807, 2.05) is 0 Å². The number of hydrogen-bond donors (Lipinski definition) is 2. The van der Waals surface area contributed by atoms with Crippen molar-refractivity contribution in [2.45, 2.75) is 84.0 Å². The number of allylic oxidation sites excluding steroid dienone is 3. The van der Waals surface area contributed by atoms with Gasteiger partial charge in [0.25, 0.3) is 0 Å². The van der Waals surface area contributed by atoms with Crippen molar-refractivity contribution in [1.29, 1.82) is 0 Å². The Morgan fingerprint density at radius 2 is 1.97 bits per heavy atom. The van der Waals surface area contributed by atoms with Crippen LogP contribution in [0.15, 0.2) is 35.5 Å². The van der Waals surface area contributed by atoms with Gasteiger partial charge in [-0.05, 0) is 80.6 Å². The molecule has 0 bridgehead atoms. The fraction of sp³-hybridized carbons (Fsp3) is 0.778. The highest BCUT2D eigenvalue weighted by Gasteiger charge is 2.50. The minimum atomic E-state index is -0.607. The summed E-state index contributed by atoms with van der Waals surface area (Å²) >= 11 is 0. The SMILES string of the molecule is C=C1[C@H](O)CC(=C/C=C2\CCC[C@]3(C)[C@@H](C(C)CN4CCO[C@@H](C)C4)CC[C@@H]23)C[C@H]1O. The molecule has 174 valence electrons. The van der Waals surface area contributed by atoms with E-state index in [2.05, 4.69) is 44.4 Å². The van der Waals surface area contributed by atoms with E-state index in [0.29, 0.717) is 41.8 Å². The van der Waals surface area contributed by atoms with Crippen LogP contribution in [0.3, 0.4) is 0 Å². The first kappa shape index (κ1) is 23.2. The monoisotopic (exact) mass is 429 g/mol. The molecule has 4 nitrogen and oxygen atoms in total. The van der Waals surface area contributed by atoms with Gasteiger partial charge in [0, 0.05) is 19.6 Å². The molecule has 1 saturated heterocycles. The highest BCUT2D eigenvalue weighted by atomic mass is 16.5. The fourth-order valence-corrected chi connectivity index (χ4v) is 7.23. The van der Waals surface area contributed by atoms with Gasteiger partial charge in [-0.2, -0.15) is 0 Å². The molecule has 4 aliphatic rings. The van der Waals surface area contributed by atoms with Gasteiger partial charge in [-0.15, -0.1) is 0 Å². The van der Waals surface area contributed by atoms with Crippen LogP contribution in [0.4, 0.5) is 0 Å². The van der Waals surface area contributed by atoms with Gasteiger partial charge in [0.2, 0.25) is 0 Å². The van der Waals surface area contributed by atoms with Crippen molar-refractivity contribution in [3.05, 3.63) is 35.5 Å². The molecule has 3 saturated carbocycles. The first-order chi connectivity index (χ1) is 14.8. The zero-order valence-corrected chi connectivity index (χ0v) is 19.9. The zero-order valence-electron chi connectivity index (χ0n) is 19.9. The Kier molecular flexibility index (Phi) is 7.12. The highest BCUT2D eigenvalue weighted by molar-refractivity contribution is 5.29. The maximum absolute atomic E-state index is 10.2. The summed E-state index contributed by atoms with van der Waals surface area (Å²) in [5.41, 5.74) is 3.72. The summed E-state index contributed by atoms with van der Waals surface area (Å²) < 4.78 is 5.74. The summed E-state index contributed by atoms with van der Waals surface area (Å²) in [5, 5.41) is 20.3. The van der Waals surface area contributed by atoms with E-state index in [-0.39, 0.29) is 0 Å². The summed E-state index contributed by atoms with van der Waals surface area (Å²) in [6.07, 6.45) is 11.4. The second-order valence-electron chi connectivity index (χ2n) is 11.1. The molecule has 4 rings (SSSR count). The lowest BCUT2D eigenvalue weighted by molar-refractivity contribution is -0.0298. The fourth-order valence-electron chi connectivity index (χ4n) is 7.23. The minimum absolute atomic E-state index is 0.360. The molecule has 1 aliphatic heterocycles. The van der Waals surface area contributed by atoms with Crippen LogP contribution in [-0.2, 0) is 4.74 Å². The van der Waals surface area contributed by atoms with Gasteiger partial charge in [-0.1, -0.05) is 43.7 Å². The third-order valence-electron chi connectivity index (χ3n) is 8.90. The largest absolute Gasteiger partial charge is 0.388 e. The number of aliphatic hydroxyl groups is 2. The molecule has 3 aliphatic carbocycles. The van der Waals surface area contributed by atoms with E-state index in [1.165, 1.54) is 38.6 Å². The average molecular weight is 430 g/mol. The number of aliphatic hydroxyl groups excluding tert-OH is 2. The number of morpholine rings is 1. The van der Waals surface area contributed by atoms with E-state index in [1.54, 1.807) is 5.57 Å². The second-order valence-corrected chi connectivity index (χ2v) is 11.1. The maximum Gasteiger partial charge on any atom is 0.0809 e. The Labute approximate surface area is 189 Å². The number of ether oxygens (including phenoxy) is 1. The molecule has 0 aromatic carbocycles. The number of nitrogens with zero attached hydrogens (tertiary/aromatic N) is 1. The summed E-state index contributed by atoms with van der Waals surface area (Å²) in [6, 6.07) is 0. The molecule has 7 atom stereocenters. The molecular weight excluding hydrogens is 386 g/mol. The van der Waals surface area contributed by atoms with Crippen LogP contribution in [0.5, 0.6) is 0 Å². The minimum Gasteiger partial charge on any atom is -0.388 e. The van der Waals surface area contributed by atoms with E-state index in [9.17, 15) is 10.2 Å². The number of fused-ring (bicyclic) bond motifs is 1. The quantitative estimate of drug-likeness (QED) is 0.647. The zero-order chi connectivity index (χ0) is 22.2. The van der Waals surface area contributed by atoms with Gasteiger partial charge < -0.3 is 14.9 Å². The topological polar surface area (TPSA) is 52.9 Å². The highest BCUT2D eigenvalue weighted by Crippen LogP contribution is 2.59. The molecule has 0 radical (unpaired) electrons. The molecule has 2 N–H and O–H groups in total. The van der Waals surface area contributed by atoms with Crippen LogP contribution in [-0.4, -0.2) is 59.7 Å². The average Bonchev–Trinajstić information content (AvgIpc) is 3.08. The van der Waals surface area contributed by atoms with Crippen LogP contribution in [0.1, 0.15) is 65.7 Å². The number of hydrogen-bond acceptors (Lipinski definition) is 4. The first-order valence-electron chi connectivity index (χ1n) is 12.5. The van der Waals surface area contributed by atoms with Crippen molar-refractivity contribution in [2.24, 2.45) is 23.2 Å². The van der Waals surface area contributed by atoms with Gasteiger partial charge in [-0.3, -0.25) is 4.90 Å².